The number of aromatic nitrogens is 1. The van der Waals surface area contributed by atoms with Gasteiger partial charge in [0, 0.05) is 31.2 Å². The molecule has 2 atom stereocenters. The van der Waals surface area contributed by atoms with E-state index in [4.69, 9.17) is 9.72 Å². The first-order chi connectivity index (χ1) is 13.9. The molecule has 2 aliphatic rings. The van der Waals surface area contributed by atoms with Gasteiger partial charge in [-0.05, 0) is 44.9 Å². The van der Waals surface area contributed by atoms with Crippen LogP contribution in [0.25, 0.3) is 0 Å². The van der Waals surface area contributed by atoms with Gasteiger partial charge in [-0.3, -0.25) is 9.69 Å². The smallest absolute Gasteiger partial charge is 0.238 e. The number of ether oxygens (including phenoxy) is 1. The number of anilines is 1. The van der Waals surface area contributed by atoms with E-state index in [-0.39, 0.29) is 11.9 Å². The molecule has 1 saturated heterocycles. The molecular weight excluding hydrogens is 364 g/mol. The monoisotopic (exact) mass is 394 g/mol. The van der Waals surface area contributed by atoms with Crippen LogP contribution in [0.2, 0.25) is 0 Å². The minimum Gasteiger partial charge on any atom is -0.495 e. The molecule has 0 saturated carbocycles. The van der Waals surface area contributed by atoms with Crippen molar-refractivity contribution in [3.8, 4) is 5.75 Å². The maximum absolute atomic E-state index is 12.6. The van der Waals surface area contributed by atoms with E-state index in [1.54, 1.807) is 19.1 Å². The number of amides is 1. The van der Waals surface area contributed by atoms with Crippen LogP contribution in [0.1, 0.15) is 49.6 Å². The normalized spacial score (nSPS) is 23.2. The van der Waals surface area contributed by atoms with E-state index in [0.717, 1.165) is 42.2 Å². The molecule has 1 amide bonds. The van der Waals surface area contributed by atoms with E-state index in [2.05, 4.69) is 34.9 Å². The average Bonchev–Trinajstić information content (AvgIpc) is 2.92. The summed E-state index contributed by atoms with van der Waals surface area (Å²) in [5.41, 5.74) is 2.47. The van der Waals surface area contributed by atoms with Crippen LogP contribution in [0.4, 0.5) is 5.82 Å². The summed E-state index contributed by atoms with van der Waals surface area (Å²) in [7, 11) is 3.46. The van der Waals surface area contributed by atoms with E-state index in [0.29, 0.717) is 12.6 Å². The Morgan fingerprint density at radius 1 is 1.31 bits per heavy atom. The van der Waals surface area contributed by atoms with E-state index in [1.165, 1.54) is 5.56 Å². The largest absolute Gasteiger partial charge is 0.495 e. The predicted octanol–water partition coefficient (Wildman–Crippen LogP) is 2.93. The summed E-state index contributed by atoms with van der Waals surface area (Å²) in [6.07, 6.45) is 2.24. The topological polar surface area (TPSA) is 66.5 Å². The number of hydrogen-bond donors (Lipinski definition) is 2. The molecule has 2 N–H and O–H groups in total. The second-order valence-corrected chi connectivity index (χ2v) is 8.47. The van der Waals surface area contributed by atoms with Crippen molar-refractivity contribution in [1.82, 2.24) is 15.6 Å². The first-order valence-corrected chi connectivity index (χ1v) is 10.3. The first kappa shape index (κ1) is 19.9. The van der Waals surface area contributed by atoms with Crippen molar-refractivity contribution in [2.75, 3.05) is 25.6 Å². The molecule has 1 aromatic heterocycles. The average molecular weight is 395 g/mol. The van der Waals surface area contributed by atoms with Crippen LogP contribution in [-0.4, -0.2) is 37.6 Å². The molecular formula is C23H30N4O2. The van der Waals surface area contributed by atoms with Crippen molar-refractivity contribution in [3.05, 3.63) is 53.2 Å². The lowest BCUT2D eigenvalue weighted by Gasteiger charge is -2.34. The van der Waals surface area contributed by atoms with Crippen LogP contribution >= 0.6 is 0 Å². The second-order valence-electron chi connectivity index (χ2n) is 8.47. The minimum atomic E-state index is -0.581. The van der Waals surface area contributed by atoms with Gasteiger partial charge in [0.2, 0.25) is 5.91 Å². The molecule has 1 fully saturated rings. The van der Waals surface area contributed by atoms with Crippen molar-refractivity contribution in [1.29, 1.82) is 0 Å². The number of fused-ring (bicyclic) bond motifs is 1. The Hall–Kier alpha value is -2.44. The van der Waals surface area contributed by atoms with Gasteiger partial charge >= 0.3 is 0 Å². The molecule has 4 rings (SSSR count). The van der Waals surface area contributed by atoms with Gasteiger partial charge < -0.3 is 15.4 Å². The summed E-state index contributed by atoms with van der Waals surface area (Å²) in [6, 6.07) is 13.1. The van der Waals surface area contributed by atoms with Gasteiger partial charge in [0.15, 0.2) is 0 Å². The molecule has 6 heteroatoms. The Morgan fingerprint density at radius 2 is 2.07 bits per heavy atom. The van der Waals surface area contributed by atoms with Gasteiger partial charge in [0.25, 0.3) is 0 Å². The molecule has 0 aliphatic carbocycles. The molecule has 0 bridgehead atoms. The van der Waals surface area contributed by atoms with Gasteiger partial charge in [-0.15, -0.1) is 0 Å². The number of methoxy groups -OCH3 is 1. The highest BCUT2D eigenvalue weighted by Gasteiger charge is 2.44. The van der Waals surface area contributed by atoms with Gasteiger partial charge in [-0.25, -0.2) is 4.98 Å². The molecule has 2 unspecified atom stereocenters. The number of nitrogens with zero attached hydrogens (tertiary/aromatic N) is 2. The second kappa shape index (κ2) is 7.76. The maximum atomic E-state index is 12.6. The summed E-state index contributed by atoms with van der Waals surface area (Å²) in [5, 5.41) is 7.34. The third-order valence-electron chi connectivity index (χ3n) is 6.24. The number of carbonyl (C=O) groups is 1. The Kier molecular flexibility index (Phi) is 5.32. The van der Waals surface area contributed by atoms with E-state index in [1.807, 2.05) is 26.0 Å². The lowest BCUT2D eigenvalue weighted by molar-refractivity contribution is -0.121. The van der Waals surface area contributed by atoms with Crippen molar-refractivity contribution >= 4 is 11.7 Å². The third-order valence-corrected chi connectivity index (χ3v) is 6.24. The zero-order valence-corrected chi connectivity index (χ0v) is 17.7. The maximum Gasteiger partial charge on any atom is 0.238 e. The fourth-order valence-electron chi connectivity index (χ4n) is 4.52. The van der Waals surface area contributed by atoms with Crippen LogP contribution in [0.15, 0.2) is 36.4 Å². The lowest BCUT2D eigenvalue weighted by Crippen LogP contribution is -2.45. The molecule has 154 valence electrons. The van der Waals surface area contributed by atoms with Crippen molar-refractivity contribution in [3.63, 3.8) is 0 Å². The lowest BCUT2D eigenvalue weighted by atomic mass is 9.87. The van der Waals surface area contributed by atoms with Gasteiger partial charge in [0.1, 0.15) is 11.6 Å². The standard InChI is InChI=1S/C23H30N4O2/c1-23(2)16-13-19(29-4)18(26-21(16)27(3)22(23)28)14-25-17-11-8-12-24-20(17)15-9-6-5-7-10-15/h5-7,9-10,13,17,20,24-25H,8,11-12,14H2,1-4H3. The van der Waals surface area contributed by atoms with E-state index >= 15 is 0 Å². The third kappa shape index (κ3) is 3.51. The molecule has 0 radical (unpaired) electrons. The molecule has 6 nitrogen and oxygen atoms in total. The van der Waals surface area contributed by atoms with Crippen LogP contribution in [-0.2, 0) is 16.8 Å². The number of benzene rings is 1. The number of pyridine rings is 1. The molecule has 2 aromatic rings. The van der Waals surface area contributed by atoms with Crippen LogP contribution in [0.5, 0.6) is 5.75 Å². The number of nitrogens with one attached hydrogen (secondary N) is 2. The van der Waals surface area contributed by atoms with Gasteiger partial charge in [-0.2, -0.15) is 0 Å². The first-order valence-electron chi connectivity index (χ1n) is 10.3. The highest BCUT2D eigenvalue weighted by molar-refractivity contribution is 6.06. The summed E-state index contributed by atoms with van der Waals surface area (Å²) >= 11 is 0. The van der Waals surface area contributed by atoms with Crippen LogP contribution in [0, 0.1) is 0 Å². The van der Waals surface area contributed by atoms with Crippen LogP contribution in [0.3, 0.4) is 0 Å². The highest BCUT2D eigenvalue weighted by Crippen LogP contribution is 2.42. The fraction of sp³-hybridized carbons (Fsp3) is 0.478. The zero-order chi connectivity index (χ0) is 20.6. The fourth-order valence-corrected chi connectivity index (χ4v) is 4.52. The van der Waals surface area contributed by atoms with Crippen molar-refractivity contribution < 1.29 is 9.53 Å². The molecule has 3 heterocycles. The predicted molar refractivity (Wildman–Crippen MR) is 114 cm³/mol. The van der Waals surface area contributed by atoms with Crippen LogP contribution < -0.4 is 20.3 Å². The van der Waals surface area contributed by atoms with Gasteiger partial charge in [0.05, 0.1) is 18.2 Å². The van der Waals surface area contributed by atoms with Crippen molar-refractivity contribution in [2.45, 2.75) is 50.7 Å². The number of hydrogen-bond acceptors (Lipinski definition) is 5. The Morgan fingerprint density at radius 3 is 2.79 bits per heavy atom. The molecule has 0 spiro atoms. The Labute approximate surface area is 172 Å². The summed E-state index contributed by atoms with van der Waals surface area (Å²) < 4.78 is 5.64. The number of piperidine rings is 1. The van der Waals surface area contributed by atoms with E-state index in [9.17, 15) is 4.79 Å². The number of likely N-dealkylation sites (N-methyl/N-ethyl adjacent to an activating group) is 1. The Bertz CT molecular complexity index is 897. The summed E-state index contributed by atoms with van der Waals surface area (Å²) in [6.45, 7) is 5.50. The number of rotatable bonds is 5. The Balaban J connectivity index is 1.57. The summed E-state index contributed by atoms with van der Waals surface area (Å²) in [5.74, 6) is 1.53. The quantitative estimate of drug-likeness (QED) is 0.816. The summed E-state index contributed by atoms with van der Waals surface area (Å²) in [4.78, 5) is 19.1. The zero-order valence-electron chi connectivity index (χ0n) is 17.7. The SMILES string of the molecule is COc1cc2c(nc1CNC1CCCNC1c1ccccc1)N(C)C(=O)C2(C)C. The molecule has 2 aliphatic heterocycles. The van der Waals surface area contributed by atoms with Gasteiger partial charge in [-0.1, -0.05) is 30.3 Å². The molecule has 29 heavy (non-hydrogen) atoms. The van der Waals surface area contributed by atoms with Crippen molar-refractivity contribution in [2.24, 2.45) is 0 Å². The highest BCUT2D eigenvalue weighted by atomic mass is 16.5. The molecule has 1 aromatic carbocycles. The minimum absolute atomic E-state index is 0.0628. The van der Waals surface area contributed by atoms with E-state index < -0.39 is 5.41 Å². The number of carbonyl (C=O) groups excluding carboxylic acids is 1.